The van der Waals surface area contributed by atoms with E-state index in [2.05, 4.69) is 5.32 Å². The van der Waals surface area contributed by atoms with Gasteiger partial charge in [0.05, 0.1) is 24.1 Å². The van der Waals surface area contributed by atoms with Crippen molar-refractivity contribution in [2.24, 2.45) is 0 Å². The van der Waals surface area contributed by atoms with Crippen LogP contribution < -0.4 is 5.32 Å². The minimum absolute atomic E-state index is 0.0451. The molecule has 98 valence electrons. The molecule has 0 spiro atoms. The molecule has 2 rings (SSSR count). The molecule has 1 aromatic heterocycles. The fraction of sp³-hybridized carbons (Fsp3) is 0.500. The number of hydrogen-bond donors (Lipinski definition) is 1. The van der Waals surface area contributed by atoms with Gasteiger partial charge in [-0.15, -0.1) is 11.3 Å². The van der Waals surface area contributed by atoms with Gasteiger partial charge >= 0.3 is 0 Å². The Bertz CT molecular complexity index is 419. The van der Waals surface area contributed by atoms with Gasteiger partial charge in [0.15, 0.2) is 0 Å². The van der Waals surface area contributed by atoms with Crippen LogP contribution in [0.15, 0.2) is 17.5 Å². The Morgan fingerprint density at radius 3 is 3.11 bits per heavy atom. The highest BCUT2D eigenvalue weighted by atomic mass is 32.1. The standard InChI is InChI=1S/C12H16N2O3S/c1-9-8-14(4-5-17-9)11(15)7-13-12(16)10-3-2-6-18-10/h2-3,6,9H,4-5,7-8H2,1H3,(H,13,16). The van der Waals surface area contributed by atoms with Crippen molar-refractivity contribution in [1.82, 2.24) is 10.2 Å². The summed E-state index contributed by atoms with van der Waals surface area (Å²) in [5, 5.41) is 4.47. The highest BCUT2D eigenvalue weighted by Crippen LogP contribution is 2.08. The first kappa shape index (κ1) is 13.0. The minimum atomic E-state index is -0.195. The van der Waals surface area contributed by atoms with E-state index in [1.807, 2.05) is 18.4 Å². The number of morpholine rings is 1. The van der Waals surface area contributed by atoms with Gasteiger partial charge in [-0.1, -0.05) is 6.07 Å². The van der Waals surface area contributed by atoms with Crippen LogP contribution in [0.2, 0.25) is 0 Å². The summed E-state index contributed by atoms with van der Waals surface area (Å²) in [5.74, 6) is -0.255. The van der Waals surface area contributed by atoms with E-state index in [0.717, 1.165) is 0 Å². The van der Waals surface area contributed by atoms with Crippen molar-refractivity contribution in [2.75, 3.05) is 26.2 Å². The molecule has 1 aromatic rings. The molecule has 1 saturated heterocycles. The molecule has 2 amide bonds. The Kier molecular flexibility index (Phi) is 4.33. The minimum Gasteiger partial charge on any atom is -0.375 e. The van der Waals surface area contributed by atoms with Gasteiger partial charge in [-0.3, -0.25) is 9.59 Å². The van der Waals surface area contributed by atoms with Gasteiger partial charge in [-0.05, 0) is 18.4 Å². The Balaban J connectivity index is 1.79. The molecule has 0 bridgehead atoms. The first-order valence-electron chi connectivity index (χ1n) is 5.88. The number of nitrogens with zero attached hydrogens (tertiary/aromatic N) is 1. The fourth-order valence-corrected chi connectivity index (χ4v) is 2.45. The van der Waals surface area contributed by atoms with E-state index >= 15 is 0 Å². The number of carbonyl (C=O) groups excluding carboxylic acids is 2. The summed E-state index contributed by atoms with van der Waals surface area (Å²) < 4.78 is 5.36. The fourth-order valence-electron chi connectivity index (χ4n) is 1.81. The third kappa shape index (κ3) is 3.30. The first-order valence-corrected chi connectivity index (χ1v) is 6.76. The number of rotatable bonds is 3. The lowest BCUT2D eigenvalue weighted by atomic mass is 10.3. The molecule has 1 atom stereocenters. The predicted octanol–water partition coefficient (Wildman–Crippen LogP) is 0.725. The highest BCUT2D eigenvalue weighted by molar-refractivity contribution is 7.12. The molecule has 6 heteroatoms. The maximum absolute atomic E-state index is 11.9. The molecule has 1 fully saturated rings. The molecule has 1 aliphatic heterocycles. The highest BCUT2D eigenvalue weighted by Gasteiger charge is 2.21. The number of ether oxygens (including phenoxy) is 1. The maximum Gasteiger partial charge on any atom is 0.261 e. The molecular formula is C12H16N2O3S. The zero-order valence-electron chi connectivity index (χ0n) is 10.2. The van der Waals surface area contributed by atoms with Crippen molar-refractivity contribution < 1.29 is 14.3 Å². The average Bonchev–Trinajstić information content (AvgIpc) is 2.89. The molecule has 1 unspecified atom stereocenters. The second-order valence-electron chi connectivity index (χ2n) is 4.18. The lowest BCUT2D eigenvalue weighted by Gasteiger charge is -2.31. The number of nitrogens with one attached hydrogen (secondary N) is 1. The Labute approximate surface area is 110 Å². The van der Waals surface area contributed by atoms with Gasteiger partial charge in [-0.2, -0.15) is 0 Å². The van der Waals surface area contributed by atoms with E-state index in [-0.39, 0.29) is 24.5 Å². The number of thiophene rings is 1. The van der Waals surface area contributed by atoms with E-state index < -0.39 is 0 Å². The summed E-state index contributed by atoms with van der Waals surface area (Å²) in [6.07, 6.45) is 0.0655. The van der Waals surface area contributed by atoms with Gasteiger partial charge in [0.1, 0.15) is 0 Å². The molecule has 5 nitrogen and oxygen atoms in total. The van der Waals surface area contributed by atoms with Crippen LogP contribution in [0.5, 0.6) is 0 Å². The van der Waals surface area contributed by atoms with Gasteiger partial charge in [0, 0.05) is 13.1 Å². The van der Waals surface area contributed by atoms with Crippen LogP contribution >= 0.6 is 11.3 Å². The monoisotopic (exact) mass is 268 g/mol. The van der Waals surface area contributed by atoms with E-state index in [4.69, 9.17) is 4.74 Å². The third-order valence-corrected chi connectivity index (χ3v) is 3.61. The van der Waals surface area contributed by atoms with Crippen LogP contribution in [0.3, 0.4) is 0 Å². The SMILES string of the molecule is CC1CN(C(=O)CNC(=O)c2cccs2)CCO1. The van der Waals surface area contributed by atoms with Crippen molar-refractivity contribution in [1.29, 1.82) is 0 Å². The summed E-state index contributed by atoms with van der Waals surface area (Å²) in [5.41, 5.74) is 0. The molecule has 0 aliphatic carbocycles. The third-order valence-electron chi connectivity index (χ3n) is 2.74. The van der Waals surface area contributed by atoms with Crippen molar-refractivity contribution in [3.05, 3.63) is 22.4 Å². The van der Waals surface area contributed by atoms with Gasteiger partial charge in [0.2, 0.25) is 5.91 Å². The molecule has 1 aliphatic rings. The molecule has 18 heavy (non-hydrogen) atoms. The lowest BCUT2D eigenvalue weighted by molar-refractivity contribution is -0.137. The van der Waals surface area contributed by atoms with Crippen LogP contribution in [0.1, 0.15) is 16.6 Å². The summed E-state index contributed by atoms with van der Waals surface area (Å²) >= 11 is 1.36. The Morgan fingerprint density at radius 1 is 1.61 bits per heavy atom. The van der Waals surface area contributed by atoms with E-state index in [9.17, 15) is 9.59 Å². The molecule has 0 aromatic carbocycles. The summed E-state index contributed by atoms with van der Waals surface area (Å²) in [4.78, 5) is 25.9. The van der Waals surface area contributed by atoms with Crippen molar-refractivity contribution >= 4 is 23.2 Å². The predicted molar refractivity (Wildman–Crippen MR) is 68.6 cm³/mol. The van der Waals surface area contributed by atoms with Crippen molar-refractivity contribution in [3.63, 3.8) is 0 Å². The average molecular weight is 268 g/mol. The van der Waals surface area contributed by atoms with Crippen LogP contribution in [0.4, 0.5) is 0 Å². The van der Waals surface area contributed by atoms with Gasteiger partial charge < -0.3 is 15.0 Å². The maximum atomic E-state index is 11.9. The van der Waals surface area contributed by atoms with Crippen molar-refractivity contribution in [3.8, 4) is 0 Å². The van der Waals surface area contributed by atoms with Crippen molar-refractivity contribution in [2.45, 2.75) is 13.0 Å². The molecule has 2 heterocycles. The number of amides is 2. The van der Waals surface area contributed by atoms with E-state index in [0.29, 0.717) is 24.6 Å². The number of hydrogen-bond acceptors (Lipinski definition) is 4. The topological polar surface area (TPSA) is 58.6 Å². The second-order valence-corrected chi connectivity index (χ2v) is 5.13. The molecule has 0 radical (unpaired) electrons. The summed E-state index contributed by atoms with van der Waals surface area (Å²) in [6, 6.07) is 3.55. The van der Waals surface area contributed by atoms with Gasteiger partial charge in [-0.25, -0.2) is 0 Å². The normalized spacial score (nSPS) is 19.6. The van der Waals surface area contributed by atoms with Crippen LogP contribution in [-0.2, 0) is 9.53 Å². The summed E-state index contributed by atoms with van der Waals surface area (Å²) in [7, 11) is 0. The van der Waals surface area contributed by atoms with E-state index in [1.165, 1.54) is 11.3 Å². The Hall–Kier alpha value is -1.40. The van der Waals surface area contributed by atoms with Gasteiger partial charge in [0.25, 0.3) is 5.91 Å². The summed E-state index contributed by atoms with van der Waals surface area (Å²) in [6.45, 7) is 3.73. The lowest BCUT2D eigenvalue weighted by Crippen LogP contribution is -2.48. The van der Waals surface area contributed by atoms with Crippen LogP contribution in [0.25, 0.3) is 0 Å². The zero-order chi connectivity index (χ0) is 13.0. The number of carbonyl (C=O) groups is 2. The Morgan fingerprint density at radius 2 is 2.44 bits per heavy atom. The quantitative estimate of drug-likeness (QED) is 0.879. The largest absolute Gasteiger partial charge is 0.375 e. The first-order chi connectivity index (χ1) is 8.66. The molecule has 1 N–H and O–H groups in total. The van der Waals surface area contributed by atoms with Crippen LogP contribution in [-0.4, -0.2) is 49.1 Å². The smallest absolute Gasteiger partial charge is 0.261 e. The van der Waals surface area contributed by atoms with E-state index in [1.54, 1.807) is 11.0 Å². The zero-order valence-corrected chi connectivity index (χ0v) is 11.0. The molecular weight excluding hydrogens is 252 g/mol. The molecule has 0 saturated carbocycles. The van der Waals surface area contributed by atoms with Crippen LogP contribution in [0, 0.1) is 0 Å². The second kappa shape index (κ2) is 5.97.